The minimum Gasteiger partial charge on any atom is -0.491 e. The van der Waals surface area contributed by atoms with Crippen LogP contribution in [0.1, 0.15) is 40.9 Å². The molecule has 0 fully saturated rings. The summed E-state index contributed by atoms with van der Waals surface area (Å²) in [4.78, 5) is 12.4. The summed E-state index contributed by atoms with van der Waals surface area (Å²) in [6.07, 6.45) is 0.464. The number of hydrogen-bond donors (Lipinski definition) is 0. The summed E-state index contributed by atoms with van der Waals surface area (Å²) in [5.41, 5.74) is 3.99. The quantitative estimate of drug-likeness (QED) is 0.754. The fraction of sp³-hybridized carbons (Fsp3) is 0.316. The molecule has 0 heterocycles. The molecule has 2 aromatic carbocycles. The number of hydrogen-bond acceptors (Lipinski definition) is 2. The first-order chi connectivity index (χ1) is 9.95. The fourth-order valence-corrected chi connectivity index (χ4v) is 2.19. The molecule has 2 rings (SSSR count). The van der Waals surface area contributed by atoms with Crippen LogP contribution in [0.5, 0.6) is 5.75 Å². The standard InChI is InChI=1S/C19H22O2/c1-13(2)21-19-11-15(4)7-10-17(19)12-18(20)16-8-5-14(3)6-9-16/h5-11,13H,12H2,1-4H3. The number of Topliss-reactive ketones (excluding diaryl/α,β-unsaturated/α-hetero) is 1. The first-order valence-corrected chi connectivity index (χ1v) is 7.32. The van der Waals surface area contributed by atoms with Crippen LogP contribution in [0.25, 0.3) is 0 Å². The van der Waals surface area contributed by atoms with Crippen molar-refractivity contribution in [3.05, 3.63) is 64.7 Å². The third kappa shape index (κ3) is 4.19. The Balaban J connectivity index is 2.22. The van der Waals surface area contributed by atoms with Crippen LogP contribution in [0.4, 0.5) is 0 Å². The van der Waals surface area contributed by atoms with Crippen molar-refractivity contribution in [2.75, 3.05) is 0 Å². The Morgan fingerprint density at radius 1 is 1.00 bits per heavy atom. The average molecular weight is 282 g/mol. The second-order valence-electron chi connectivity index (χ2n) is 5.74. The summed E-state index contributed by atoms with van der Waals surface area (Å²) in [5.74, 6) is 0.929. The van der Waals surface area contributed by atoms with E-state index in [1.165, 1.54) is 0 Å². The van der Waals surface area contributed by atoms with E-state index in [-0.39, 0.29) is 11.9 Å². The lowest BCUT2D eigenvalue weighted by Gasteiger charge is -2.15. The number of carbonyl (C=O) groups excluding carboxylic acids is 1. The van der Waals surface area contributed by atoms with Crippen LogP contribution in [-0.2, 0) is 6.42 Å². The van der Waals surface area contributed by atoms with E-state index in [4.69, 9.17) is 4.74 Å². The van der Waals surface area contributed by atoms with Crippen LogP contribution in [0.3, 0.4) is 0 Å². The van der Waals surface area contributed by atoms with Gasteiger partial charge in [0.25, 0.3) is 0 Å². The summed E-state index contributed by atoms with van der Waals surface area (Å²) in [5, 5.41) is 0. The molecule has 0 amide bonds. The van der Waals surface area contributed by atoms with Crippen LogP contribution in [0.2, 0.25) is 0 Å². The van der Waals surface area contributed by atoms with Gasteiger partial charge in [-0.15, -0.1) is 0 Å². The maximum atomic E-state index is 12.4. The molecule has 21 heavy (non-hydrogen) atoms. The molecule has 0 saturated carbocycles. The van der Waals surface area contributed by atoms with Crippen LogP contribution in [0, 0.1) is 13.8 Å². The molecule has 2 heteroatoms. The molecular weight excluding hydrogens is 260 g/mol. The van der Waals surface area contributed by atoms with Crippen molar-refractivity contribution < 1.29 is 9.53 Å². The van der Waals surface area contributed by atoms with E-state index < -0.39 is 0 Å². The van der Waals surface area contributed by atoms with Crippen molar-refractivity contribution in [3.8, 4) is 5.75 Å². The number of ether oxygens (including phenoxy) is 1. The SMILES string of the molecule is Cc1ccc(C(=O)Cc2ccc(C)cc2OC(C)C)cc1. The van der Waals surface area contributed by atoms with Gasteiger partial charge in [-0.1, -0.05) is 42.0 Å². The summed E-state index contributed by atoms with van der Waals surface area (Å²) in [7, 11) is 0. The number of rotatable bonds is 5. The zero-order chi connectivity index (χ0) is 15.4. The summed E-state index contributed by atoms with van der Waals surface area (Å²) < 4.78 is 5.83. The number of ketones is 1. The summed E-state index contributed by atoms with van der Waals surface area (Å²) in [6, 6.07) is 13.7. The van der Waals surface area contributed by atoms with E-state index in [1.54, 1.807) is 0 Å². The van der Waals surface area contributed by atoms with Crippen molar-refractivity contribution in [1.82, 2.24) is 0 Å². The van der Waals surface area contributed by atoms with Gasteiger partial charge in [0.05, 0.1) is 6.10 Å². The fourth-order valence-electron chi connectivity index (χ4n) is 2.19. The molecule has 2 nitrogen and oxygen atoms in total. The van der Waals surface area contributed by atoms with Crippen molar-refractivity contribution in [1.29, 1.82) is 0 Å². The molecule has 2 aromatic rings. The van der Waals surface area contributed by atoms with Crippen molar-refractivity contribution >= 4 is 5.78 Å². The van der Waals surface area contributed by atoms with E-state index in [9.17, 15) is 4.79 Å². The first kappa shape index (κ1) is 15.3. The van der Waals surface area contributed by atoms with E-state index >= 15 is 0 Å². The van der Waals surface area contributed by atoms with Gasteiger partial charge in [-0.25, -0.2) is 0 Å². The molecular formula is C19H22O2. The lowest BCUT2D eigenvalue weighted by Crippen LogP contribution is -2.10. The Bertz CT molecular complexity index is 625. The van der Waals surface area contributed by atoms with Gasteiger partial charge in [0, 0.05) is 17.5 Å². The van der Waals surface area contributed by atoms with Crippen LogP contribution >= 0.6 is 0 Å². The second kappa shape index (κ2) is 6.57. The average Bonchev–Trinajstić information content (AvgIpc) is 2.42. The highest BCUT2D eigenvalue weighted by Crippen LogP contribution is 2.23. The summed E-state index contributed by atoms with van der Waals surface area (Å²) >= 11 is 0. The minimum atomic E-state index is 0.0972. The van der Waals surface area contributed by atoms with E-state index in [1.807, 2.05) is 70.2 Å². The predicted molar refractivity (Wildman–Crippen MR) is 86.2 cm³/mol. The largest absolute Gasteiger partial charge is 0.491 e. The minimum absolute atomic E-state index is 0.0972. The third-order valence-corrected chi connectivity index (χ3v) is 3.31. The zero-order valence-corrected chi connectivity index (χ0v) is 13.1. The molecule has 0 bridgehead atoms. The molecule has 110 valence electrons. The van der Waals surface area contributed by atoms with Crippen molar-refractivity contribution in [3.63, 3.8) is 0 Å². The van der Waals surface area contributed by atoms with Gasteiger partial charge >= 0.3 is 0 Å². The first-order valence-electron chi connectivity index (χ1n) is 7.32. The van der Waals surface area contributed by atoms with E-state index in [0.29, 0.717) is 6.42 Å². The molecule has 0 N–H and O–H groups in total. The third-order valence-electron chi connectivity index (χ3n) is 3.31. The maximum Gasteiger partial charge on any atom is 0.167 e. The monoisotopic (exact) mass is 282 g/mol. The van der Waals surface area contributed by atoms with Gasteiger partial charge in [-0.3, -0.25) is 4.79 Å². The van der Waals surface area contributed by atoms with Gasteiger partial charge in [0.15, 0.2) is 5.78 Å². The maximum absolute atomic E-state index is 12.4. The molecule has 0 unspecified atom stereocenters. The number of carbonyl (C=O) groups is 1. The van der Waals surface area contributed by atoms with Crippen LogP contribution in [-0.4, -0.2) is 11.9 Å². The molecule has 0 atom stereocenters. The highest BCUT2D eigenvalue weighted by Gasteiger charge is 2.12. The molecule has 0 aliphatic carbocycles. The Morgan fingerprint density at radius 3 is 2.24 bits per heavy atom. The molecule has 0 radical (unpaired) electrons. The molecule has 0 saturated heterocycles. The van der Waals surface area contributed by atoms with Crippen LogP contribution in [0.15, 0.2) is 42.5 Å². The van der Waals surface area contributed by atoms with E-state index in [0.717, 1.165) is 28.0 Å². The van der Waals surface area contributed by atoms with Gasteiger partial charge in [-0.2, -0.15) is 0 Å². The lowest BCUT2D eigenvalue weighted by atomic mass is 10.0. The van der Waals surface area contributed by atoms with Gasteiger partial charge in [0.2, 0.25) is 0 Å². The topological polar surface area (TPSA) is 26.3 Å². The molecule has 0 spiro atoms. The normalized spacial score (nSPS) is 10.7. The van der Waals surface area contributed by atoms with Crippen LogP contribution < -0.4 is 4.74 Å². The highest BCUT2D eigenvalue weighted by atomic mass is 16.5. The van der Waals surface area contributed by atoms with Gasteiger partial charge < -0.3 is 4.74 Å². The molecule has 0 aliphatic rings. The lowest BCUT2D eigenvalue weighted by molar-refractivity contribution is 0.0991. The molecule has 0 aromatic heterocycles. The highest BCUT2D eigenvalue weighted by molar-refractivity contribution is 5.97. The number of benzene rings is 2. The zero-order valence-electron chi connectivity index (χ0n) is 13.1. The second-order valence-corrected chi connectivity index (χ2v) is 5.74. The Hall–Kier alpha value is -2.09. The number of aryl methyl sites for hydroxylation is 2. The predicted octanol–water partition coefficient (Wildman–Crippen LogP) is 4.52. The van der Waals surface area contributed by atoms with Crippen molar-refractivity contribution in [2.45, 2.75) is 40.2 Å². The molecule has 0 aliphatic heterocycles. The smallest absolute Gasteiger partial charge is 0.167 e. The summed E-state index contributed by atoms with van der Waals surface area (Å²) in [6.45, 7) is 8.03. The Labute approximate surface area is 126 Å². The Kier molecular flexibility index (Phi) is 4.79. The van der Waals surface area contributed by atoms with Crippen molar-refractivity contribution in [2.24, 2.45) is 0 Å². The van der Waals surface area contributed by atoms with E-state index in [2.05, 4.69) is 0 Å². The van der Waals surface area contributed by atoms with Gasteiger partial charge in [0.1, 0.15) is 5.75 Å². The Morgan fingerprint density at radius 2 is 1.62 bits per heavy atom. The van der Waals surface area contributed by atoms with Gasteiger partial charge in [-0.05, 0) is 39.3 Å².